The summed E-state index contributed by atoms with van der Waals surface area (Å²) in [6.07, 6.45) is 0. The highest BCUT2D eigenvalue weighted by atomic mass is 16.9. The van der Waals surface area contributed by atoms with Crippen molar-refractivity contribution in [3.63, 3.8) is 0 Å². The van der Waals surface area contributed by atoms with Crippen LogP contribution in [0.1, 0.15) is 0 Å². The molecule has 0 aromatic heterocycles. The molecule has 0 saturated carbocycles. The van der Waals surface area contributed by atoms with Gasteiger partial charge in [-0.25, -0.2) is 6.57 Å². The number of methoxy groups -OCH3 is 6. The lowest BCUT2D eigenvalue weighted by Gasteiger charge is -2.42. The standard InChI is InChI=1S/C11H21NO6/c1-12-8-9(10(13-2,14-3)15-4)11(16-5,17-6)18-7/h9H,8H2,2-7H3. The third-order valence-corrected chi connectivity index (χ3v) is 2.83. The smallest absolute Gasteiger partial charge is 0.300 e. The number of nitrogens with zero attached hydrogens (tertiary/aromatic N) is 1. The molecule has 0 atom stereocenters. The van der Waals surface area contributed by atoms with Crippen molar-refractivity contribution < 1.29 is 28.4 Å². The number of hydrogen-bond acceptors (Lipinski definition) is 6. The maximum Gasteiger partial charge on any atom is 0.300 e. The van der Waals surface area contributed by atoms with E-state index in [1.165, 1.54) is 42.7 Å². The topological polar surface area (TPSA) is 59.7 Å². The first kappa shape index (κ1) is 17.2. The van der Waals surface area contributed by atoms with Crippen LogP contribution in [0.3, 0.4) is 0 Å². The van der Waals surface area contributed by atoms with Crippen LogP contribution in [0.2, 0.25) is 0 Å². The predicted octanol–water partition coefficient (Wildman–Crippen LogP) is 0.708. The molecule has 106 valence electrons. The van der Waals surface area contributed by atoms with E-state index in [0.717, 1.165) is 0 Å². The Morgan fingerprint density at radius 1 is 0.778 bits per heavy atom. The molecule has 0 aliphatic heterocycles. The van der Waals surface area contributed by atoms with E-state index in [2.05, 4.69) is 4.85 Å². The molecule has 0 rings (SSSR count). The number of ether oxygens (including phenoxy) is 6. The lowest BCUT2D eigenvalue weighted by Crippen LogP contribution is -2.59. The van der Waals surface area contributed by atoms with Crippen LogP contribution in [-0.4, -0.2) is 61.1 Å². The molecule has 7 heteroatoms. The Balaban J connectivity index is 5.58. The molecule has 18 heavy (non-hydrogen) atoms. The van der Waals surface area contributed by atoms with Crippen LogP contribution in [0.5, 0.6) is 0 Å². The molecule has 0 unspecified atom stereocenters. The quantitative estimate of drug-likeness (QED) is 0.451. The van der Waals surface area contributed by atoms with Gasteiger partial charge in [0.2, 0.25) is 6.54 Å². The lowest BCUT2D eigenvalue weighted by molar-refractivity contribution is -0.465. The van der Waals surface area contributed by atoms with E-state index in [0.29, 0.717) is 0 Å². The summed E-state index contributed by atoms with van der Waals surface area (Å²) >= 11 is 0. The van der Waals surface area contributed by atoms with Gasteiger partial charge in [-0.2, -0.15) is 0 Å². The Labute approximate surface area is 108 Å². The van der Waals surface area contributed by atoms with Crippen molar-refractivity contribution in [1.29, 1.82) is 0 Å². The summed E-state index contributed by atoms with van der Waals surface area (Å²) in [6.45, 7) is 7.00. The molecule has 0 saturated heterocycles. The molecular formula is C11H21NO6. The Kier molecular flexibility index (Phi) is 7.32. The maximum absolute atomic E-state index is 7.04. The molecule has 0 bridgehead atoms. The summed E-state index contributed by atoms with van der Waals surface area (Å²) in [5, 5.41) is 0. The Bertz CT molecular complexity index is 233. The fourth-order valence-electron chi connectivity index (χ4n) is 1.88. The van der Waals surface area contributed by atoms with Crippen molar-refractivity contribution in [2.75, 3.05) is 49.2 Å². The van der Waals surface area contributed by atoms with Crippen molar-refractivity contribution >= 4 is 0 Å². The minimum atomic E-state index is -1.51. The normalized spacial score (nSPS) is 12.8. The van der Waals surface area contributed by atoms with E-state index in [1.807, 2.05) is 0 Å². The van der Waals surface area contributed by atoms with Crippen LogP contribution >= 0.6 is 0 Å². The van der Waals surface area contributed by atoms with Crippen LogP contribution in [0.15, 0.2) is 0 Å². The Morgan fingerprint density at radius 2 is 1.06 bits per heavy atom. The van der Waals surface area contributed by atoms with Crippen LogP contribution in [-0.2, 0) is 28.4 Å². The molecule has 0 aliphatic carbocycles. The predicted molar refractivity (Wildman–Crippen MR) is 62.5 cm³/mol. The molecule has 0 aromatic rings. The molecular weight excluding hydrogens is 242 g/mol. The molecule has 0 heterocycles. The first-order valence-electron chi connectivity index (χ1n) is 5.20. The van der Waals surface area contributed by atoms with Gasteiger partial charge in [0.15, 0.2) is 5.92 Å². The van der Waals surface area contributed by atoms with Gasteiger partial charge in [-0.3, -0.25) is 0 Å². The van der Waals surface area contributed by atoms with Crippen molar-refractivity contribution in [2.24, 2.45) is 5.92 Å². The van der Waals surface area contributed by atoms with E-state index >= 15 is 0 Å². The summed E-state index contributed by atoms with van der Waals surface area (Å²) in [5.74, 6) is -3.79. The average Bonchev–Trinajstić information content (AvgIpc) is 2.44. The number of hydrogen-bond donors (Lipinski definition) is 0. The largest absolute Gasteiger partial charge is 0.330 e. The second-order valence-electron chi connectivity index (χ2n) is 3.33. The van der Waals surface area contributed by atoms with Crippen LogP contribution in [0, 0.1) is 12.5 Å². The minimum absolute atomic E-state index is 0.0367. The van der Waals surface area contributed by atoms with E-state index in [1.54, 1.807) is 0 Å². The summed E-state index contributed by atoms with van der Waals surface area (Å²) in [6, 6.07) is 0. The zero-order chi connectivity index (χ0) is 14.2. The zero-order valence-electron chi connectivity index (χ0n) is 11.7. The van der Waals surface area contributed by atoms with Gasteiger partial charge in [-0.05, 0) is 0 Å². The van der Waals surface area contributed by atoms with Gasteiger partial charge >= 0.3 is 11.9 Å². The van der Waals surface area contributed by atoms with E-state index in [-0.39, 0.29) is 6.54 Å². The highest BCUT2D eigenvalue weighted by molar-refractivity contribution is 4.86. The monoisotopic (exact) mass is 263 g/mol. The molecule has 0 amide bonds. The van der Waals surface area contributed by atoms with E-state index in [4.69, 9.17) is 35.0 Å². The van der Waals surface area contributed by atoms with Crippen molar-refractivity contribution in [3.8, 4) is 0 Å². The van der Waals surface area contributed by atoms with Gasteiger partial charge in [0.25, 0.3) is 0 Å². The Morgan fingerprint density at radius 3 is 1.22 bits per heavy atom. The van der Waals surface area contributed by atoms with Crippen LogP contribution in [0.4, 0.5) is 0 Å². The van der Waals surface area contributed by atoms with E-state index in [9.17, 15) is 0 Å². The SMILES string of the molecule is [C-]#[N+]CC(C(OC)(OC)OC)C(OC)(OC)OC. The highest BCUT2D eigenvalue weighted by Gasteiger charge is 2.58. The highest BCUT2D eigenvalue weighted by Crippen LogP contribution is 2.36. The molecule has 7 nitrogen and oxygen atoms in total. The molecule has 0 radical (unpaired) electrons. The van der Waals surface area contributed by atoms with Gasteiger partial charge in [0, 0.05) is 42.7 Å². The third kappa shape index (κ3) is 2.98. The first-order valence-corrected chi connectivity index (χ1v) is 5.20. The van der Waals surface area contributed by atoms with Crippen molar-refractivity contribution in [3.05, 3.63) is 11.4 Å². The molecule has 0 fully saturated rings. The van der Waals surface area contributed by atoms with Crippen LogP contribution in [0.25, 0.3) is 4.85 Å². The zero-order valence-corrected chi connectivity index (χ0v) is 11.7. The summed E-state index contributed by atoms with van der Waals surface area (Å²) < 4.78 is 31.4. The summed E-state index contributed by atoms with van der Waals surface area (Å²) in [7, 11) is 8.39. The maximum atomic E-state index is 7.04. The van der Waals surface area contributed by atoms with Gasteiger partial charge < -0.3 is 33.3 Å². The van der Waals surface area contributed by atoms with Gasteiger partial charge in [0.1, 0.15) is 0 Å². The van der Waals surface area contributed by atoms with Gasteiger partial charge in [-0.15, -0.1) is 0 Å². The second-order valence-corrected chi connectivity index (χ2v) is 3.33. The summed E-state index contributed by atoms with van der Waals surface area (Å²) in [4.78, 5) is 3.33. The average molecular weight is 263 g/mol. The number of rotatable bonds is 9. The van der Waals surface area contributed by atoms with Gasteiger partial charge in [-0.1, -0.05) is 0 Å². The fraction of sp³-hybridized carbons (Fsp3) is 0.909. The Hall–Kier alpha value is -0.750. The first-order chi connectivity index (χ1) is 8.56. The molecule has 0 spiro atoms. The fourth-order valence-corrected chi connectivity index (χ4v) is 1.88. The third-order valence-electron chi connectivity index (χ3n) is 2.83. The van der Waals surface area contributed by atoms with Crippen molar-refractivity contribution in [1.82, 2.24) is 0 Å². The summed E-state index contributed by atoms with van der Waals surface area (Å²) in [5.41, 5.74) is 0. The van der Waals surface area contributed by atoms with E-state index < -0.39 is 17.9 Å². The molecule has 0 aliphatic rings. The van der Waals surface area contributed by atoms with Crippen LogP contribution < -0.4 is 0 Å². The molecule has 0 N–H and O–H groups in total. The van der Waals surface area contributed by atoms with Crippen molar-refractivity contribution in [2.45, 2.75) is 11.9 Å². The van der Waals surface area contributed by atoms with Gasteiger partial charge in [0.05, 0.1) is 0 Å². The second kappa shape index (κ2) is 7.63. The molecule has 0 aromatic carbocycles. The lowest BCUT2D eigenvalue weighted by atomic mass is 10.0. The minimum Gasteiger partial charge on any atom is -0.330 e.